The van der Waals surface area contributed by atoms with Gasteiger partial charge < -0.3 is 5.32 Å². The van der Waals surface area contributed by atoms with Gasteiger partial charge in [-0.1, -0.05) is 57.0 Å². The van der Waals surface area contributed by atoms with Crippen LogP contribution in [0.2, 0.25) is 0 Å². The highest BCUT2D eigenvalue weighted by molar-refractivity contribution is 5.20. The quantitative estimate of drug-likeness (QED) is 0.887. The zero-order valence-corrected chi connectivity index (χ0v) is 12.9. The van der Waals surface area contributed by atoms with E-state index >= 15 is 0 Å². The summed E-state index contributed by atoms with van der Waals surface area (Å²) >= 11 is 0. The lowest BCUT2D eigenvalue weighted by atomic mass is 9.76. The van der Waals surface area contributed by atoms with Gasteiger partial charge in [0.25, 0.3) is 0 Å². The molecule has 3 rings (SSSR count). The number of rotatable bonds is 2. The first kappa shape index (κ1) is 14.1. The summed E-state index contributed by atoms with van der Waals surface area (Å²) < 4.78 is 0. The fraction of sp³-hybridized carbons (Fsp3) is 0.667. The van der Waals surface area contributed by atoms with Crippen LogP contribution in [-0.2, 0) is 0 Å². The molecule has 0 amide bonds. The van der Waals surface area contributed by atoms with E-state index in [0.717, 1.165) is 31.0 Å². The normalized spacial score (nSPS) is 35.9. The van der Waals surface area contributed by atoms with Crippen LogP contribution in [0.25, 0.3) is 0 Å². The number of piperazine rings is 1. The monoisotopic (exact) mass is 272 g/mol. The second-order valence-corrected chi connectivity index (χ2v) is 6.70. The molecule has 1 aliphatic carbocycles. The molecule has 0 radical (unpaired) electrons. The Labute approximate surface area is 123 Å². The minimum atomic E-state index is 0.558. The Bertz CT molecular complexity index is 417. The maximum absolute atomic E-state index is 3.59. The van der Waals surface area contributed by atoms with Crippen molar-refractivity contribution < 1.29 is 0 Å². The Kier molecular flexibility index (Phi) is 4.42. The topological polar surface area (TPSA) is 15.3 Å². The van der Waals surface area contributed by atoms with Gasteiger partial charge in [0.1, 0.15) is 0 Å². The highest BCUT2D eigenvalue weighted by Gasteiger charge is 2.36. The third kappa shape index (κ3) is 2.77. The predicted molar refractivity (Wildman–Crippen MR) is 84.7 cm³/mol. The number of nitrogens with zero attached hydrogens (tertiary/aromatic N) is 1. The van der Waals surface area contributed by atoms with Crippen LogP contribution in [0.1, 0.15) is 44.7 Å². The van der Waals surface area contributed by atoms with Crippen molar-refractivity contribution in [2.24, 2.45) is 11.8 Å². The molecular weight excluding hydrogens is 244 g/mol. The van der Waals surface area contributed by atoms with Crippen molar-refractivity contribution in [3.63, 3.8) is 0 Å². The van der Waals surface area contributed by atoms with Crippen LogP contribution >= 0.6 is 0 Å². The van der Waals surface area contributed by atoms with Crippen molar-refractivity contribution in [3.05, 3.63) is 35.9 Å². The van der Waals surface area contributed by atoms with E-state index in [2.05, 4.69) is 54.4 Å². The summed E-state index contributed by atoms with van der Waals surface area (Å²) in [5, 5.41) is 3.59. The Morgan fingerprint density at radius 1 is 1.10 bits per heavy atom. The minimum Gasteiger partial charge on any atom is -0.314 e. The Morgan fingerprint density at radius 2 is 1.90 bits per heavy atom. The largest absolute Gasteiger partial charge is 0.314 e. The van der Waals surface area contributed by atoms with Crippen molar-refractivity contribution in [1.82, 2.24) is 10.2 Å². The summed E-state index contributed by atoms with van der Waals surface area (Å²) in [7, 11) is 0. The van der Waals surface area contributed by atoms with Crippen LogP contribution in [0.3, 0.4) is 0 Å². The fourth-order valence-electron chi connectivity index (χ4n) is 4.12. The molecule has 0 bridgehead atoms. The molecule has 1 heterocycles. The molecule has 1 N–H and O–H groups in total. The molecule has 20 heavy (non-hydrogen) atoms. The zero-order valence-electron chi connectivity index (χ0n) is 12.9. The molecule has 2 fully saturated rings. The summed E-state index contributed by atoms with van der Waals surface area (Å²) in [6.07, 6.45) is 4.20. The fourth-order valence-corrected chi connectivity index (χ4v) is 4.12. The van der Waals surface area contributed by atoms with Crippen molar-refractivity contribution >= 4 is 0 Å². The summed E-state index contributed by atoms with van der Waals surface area (Å²) in [6.45, 7) is 8.35. The maximum Gasteiger partial charge on any atom is 0.0476 e. The number of hydrogen-bond donors (Lipinski definition) is 1. The third-order valence-electron chi connectivity index (χ3n) is 5.56. The molecule has 2 aliphatic rings. The number of benzene rings is 1. The lowest BCUT2D eigenvalue weighted by Crippen LogP contribution is -2.54. The first-order valence-electron chi connectivity index (χ1n) is 8.29. The molecule has 0 aromatic heterocycles. The van der Waals surface area contributed by atoms with Gasteiger partial charge in [-0.3, -0.25) is 4.90 Å². The van der Waals surface area contributed by atoms with Gasteiger partial charge >= 0.3 is 0 Å². The van der Waals surface area contributed by atoms with Crippen LogP contribution in [-0.4, -0.2) is 30.6 Å². The molecule has 110 valence electrons. The number of nitrogens with one attached hydrogen (secondary N) is 1. The van der Waals surface area contributed by atoms with Gasteiger partial charge in [-0.05, 0) is 23.8 Å². The summed E-state index contributed by atoms with van der Waals surface area (Å²) in [4.78, 5) is 2.80. The average molecular weight is 272 g/mol. The van der Waals surface area contributed by atoms with Gasteiger partial charge in [-0.25, -0.2) is 0 Å². The summed E-state index contributed by atoms with van der Waals surface area (Å²) in [5.41, 5.74) is 1.48. The second-order valence-electron chi connectivity index (χ2n) is 6.70. The molecule has 1 aromatic rings. The Hall–Kier alpha value is -0.860. The van der Waals surface area contributed by atoms with Crippen molar-refractivity contribution in [3.8, 4) is 0 Å². The first-order valence-corrected chi connectivity index (χ1v) is 8.29. The highest BCUT2D eigenvalue weighted by atomic mass is 15.2. The summed E-state index contributed by atoms with van der Waals surface area (Å²) in [5.74, 6) is 1.70. The van der Waals surface area contributed by atoms with E-state index in [1.54, 1.807) is 0 Å². The summed E-state index contributed by atoms with van der Waals surface area (Å²) in [6, 6.07) is 12.4. The van der Waals surface area contributed by atoms with Crippen LogP contribution in [0.5, 0.6) is 0 Å². The maximum atomic E-state index is 3.59. The molecule has 0 spiro atoms. The molecule has 1 aliphatic heterocycles. The lowest BCUT2D eigenvalue weighted by Gasteiger charge is -2.47. The van der Waals surface area contributed by atoms with Crippen molar-refractivity contribution in [2.45, 2.75) is 45.2 Å². The SMILES string of the molecule is CC1CCCC(N2CCNCC2c2ccccc2)C1C. The highest BCUT2D eigenvalue weighted by Crippen LogP contribution is 2.37. The molecule has 4 unspecified atom stereocenters. The average Bonchev–Trinajstić information content (AvgIpc) is 2.51. The third-order valence-corrected chi connectivity index (χ3v) is 5.56. The molecule has 2 nitrogen and oxygen atoms in total. The zero-order chi connectivity index (χ0) is 13.9. The standard InChI is InChI=1S/C18H28N2/c1-14-7-6-10-17(15(14)2)20-12-11-19-13-18(20)16-8-4-3-5-9-16/h3-5,8-9,14-15,17-19H,6-7,10-13H2,1-2H3. The van der Waals surface area contributed by atoms with Gasteiger partial charge in [-0.2, -0.15) is 0 Å². The molecule has 1 aromatic carbocycles. The molecule has 1 saturated heterocycles. The van der Waals surface area contributed by atoms with Gasteiger partial charge in [0, 0.05) is 31.7 Å². The van der Waals surface area contributed by atoms with Crippen LogP contribution in [0, 0.1) is 11.8 Å². The Morgan fingerprint density at radius 3 is 2.70 bits per heavy atom. The first-order chi connectivity index (χ1) is 9.77. The smallest absolute Gasteiger partial charge is 0.0476 e. The molecule has 1 saturated carbocycles. The van der Waals surface area contributed by atoms with E-state index in [-0.39, 0.29) is 0 Å². The van der Waals surface area contributed by atoms with Crippen molar-refractivity contribution in [2.75, 3.05) is 19.6 Å². The lowest BCUT2D eigenvalue weighted by molar-refractivity contribution is 0.0316. The van der Waals surface area contributed by atoms with Gasteiger partial charge in [0.2, 0.25) is 0 Å². The molecular formula is C18H28N2. The van der Waals surface area contributed by atoms with Crippen LogP contribution in [0.15, 0.2) is 30.3 Å². The van der Waals surface area contributed by atoms with Gasteiger partial charge in [-0.15, -0.1) is 0 Å². The van der Waals surface area contributed by atoms with E-state index < -0.39 is 0 Å². The van der Waals surface area contributed by atoms with Gasteiger partial charge in [0.05, 0.1) is 0 Å². The van der Waals surface area contributed by atoms with E-state index in [9.17, 15) is 0 Å². The van der Waals surface area contributed by atoms with Crippen LogP contribution in [0.4, 0.5) is 0 Å². The molecule has 4 atom stereocenters. The minimum absolute atomic E-state index is 0.558. The van der Waals surface area contributed by atoms with Gasteiger partial charge in [0.15, 0.2) is 0 Å². The number of hydrogen-bond acceptors (Lipinski definition) is 2. The molecule has 2 heteroatoms. The van der Waals surface area contributed by atoms with Crippen molar-refractivity contribution in [1.29, 1.82) is 0 Å². The Balaban J connectivity index is 1.82. The van der Waals surface area contributed by atoms with E-state index in [0.29, 0.717) is 6.04 Å². The predicted octanol–water partition coefficient (Wildman–Crippen LogP) is 3.46. The van der Waals surface area contributed by atoms with E-state index in [1.807, 2.05) is 0 Å². The van der Waals surface area contributed by atoms with E-state index in [1.165, 1.54) is 31.4 Å². The second kappa shape index (κ2) is 6.28. The van der Waals surface area contributed by atoms with E-state index in [4.69, 9.17) is 0 Å². The van der Waals surface area contributed by atoms with Crippen LogP contribution < -0.4 is 5.32 Å².